The smallest absolute Gasteiger partial charge is 0.314 e. The number of amides is 2. The second-order valence-corrected chi connectivity index (χ2v) is 6.44. The van der Waals surface area contributed by atoms with Gasteiger partial charge in [-0.1, -0.05) is 0 Å². The van der Waals surface area contributed by atoms with E-state index < -0.39 is 0 Å². The summed E-state index contributed by atoms with van der Waals surface area (Å²) in [6.45, 7) is 3.40. The average molecular weight is 373 g/mol. The normalized spacial score (nSPS) is 15.3. The molecule has 2 aromatic rings. The van der Waals surface area contributed by atoms with Crippen molar-refractivity contribution in [1.29, 1.82) is 0 Å². The Morgan fingerprint density at radius 1 is 1.15 bits per heavy atom. The van der Waals surface area contributed by atoms with E-state index in [4.69, 9.17) is 13.9 Å². The van der Waals surface area contributed by atoms with Crippen LogP contribution in [0.2, 0.25) is 0 Å². The molecule has 0 spiro atoms. The summed E-state index contributed by atoms with van der Waals surface area (Å²) in [5.41, 5.74) is 0. The van der Waals surface area contributed by atoms with Crippen LogP contribution in [0.4, 0.5) is 4.79 Å². The zero-order valence-electron chi connectivity index (χ0n) is 15.6. The van der Waals surface area contributed by atoms with E-state index in [0.717, 1.165) is 30.3 Å². The molecule has 27 heavy (non-hydrogen) atoms. The van der Waals surface area contributed by atoms with Crippen LogP contribution in [0.25, 0.3) is 0 Å². The average Bonchev–Trinajstić information content (AvgIpc) is 3.41. The SMILES string of the molecule is COc1ccc(OCCNC(=O)NCC(c2ccco2)N2CCCC2)cc1. The molecule has 0 saturated carbocycles. The number of methoxy groups -OCH3 is 1. The van der Waals surface area contributed by atoms with Gasteiger partial charge in [-0.15, -0.1) is 0 Å². The van der Waals surface area contributed by atoms with Crippen molar-refractivity contribution in [3.05, 3.63) is 48.4 Å². The van der Waals surface area contributed by atoms with Gasteiger partial charge in [-0.3, -0.25) is 4.90 Å². The Morgan fingerprint density at radius 2 is 1.89 bits per heavy atom. The first-order valence-corrected chi connectivity index (χ1v) is 9.32. The second-order valence-electron chi connectivity index (χ2n) is 6.44. The maximum atomic E-state index is 12.1. The summed E-state index contributed by atoms with van der Waals surface area (Å²) < 4.78 is 16.3. The fourth-order valence-corrected chi connectivity index (χ4v) is 3.20. The zero-order chi connectivity index (χ0) is 18.9. The van der Waals surface area contributed by atoms with Crippen LogP contribution in [0.5, 0.6) is 11.5 Å². The molecule has 2 amide bonds. The largest absolute Gasteiger partial charge is 0.497 e. The maximum Gasteiger partial charge on any atom is 0.314 e. The van der Waals surface area contributed by atoms with Gasteiger partial charge in [0.25, 0.3) is 0 Å². The molecule has 1 saturated heterocycles. The van der Waals surface area contributed by atoms with E-state index in [1.54, 1.807) is 13.4 Å². The topological polar surface area (TPSA) is 76.0 Å². The van der Waals surface area contributed by atoms with Crippen LogP contribution in [0, 0.1) is 0 Å². The molecule has 1 unspecified atom stereocenters. The molecule has 3 rings (SSSR count). The number of urea groups is 1. The molecule has 7 nitrogen and oxygen atoms in total. The van der Waals surface area contributed by atoms with Gasteiger partial charge in [0, 0.05) is 6.54 Å². The number of hydrogen-bond acceptors (Lipinski definition) is 5. The van der Waals surface area contributed by atoms with Gasteiger partial charge in [0.15, 0.2) is 0 Å². The molecule has 0 radical (unpaired) electrons. The van der Waals surface area contributed by atoms with Crippen molar-refractivity contribution in [2.75, 3.05) is 39.9 Å². The highest BCUT2D eigenvalue weighted by Crippen LogP contribution is 2.24. The Labute approximate surface area is 159 Å². The Morgan fingerprint density at radius 3 is 2.56 bits per heavy atom. The number of carbonyl (C=O) groups is 1. The van der Waals surface area contributed by atoms with Crippen LogP contribution in [0.15, 0.2) is 47.1 Å². The molecular weight excluding hydrogens is 346 g/mol. The fourth-order valence-electron chi connectivity index (χ4n) is 3.20. The number of benzene rings is 1. The Balaban J connectivity index is 1.37. The van der Waals surface area contributed by atoms with E-state index in [2.05, 4.69) is 15.5 Å². The number of ether oxygens (including phenoxy) is 2. The fraction of sp³-hybridized carbons (Fsp3) is 0.450. The van der Waals surface area contributed by atoms with E-state index in [9.17, 15) is 4.79 Å². The van der Waals surface area contributed by atoms with Crippen molar-refractivity contribution in [1.82, 2.24) is 15.5 Å². The molecule has 1 aromatic heterocycles. The van der Waals surface area contributed by atoms with Gasteiger partial charge in [-0.05, 0) is 62.3 Å². The molecule has 1 aliphatic heterocycles. The lowest BCUT2D eigenvalue weighted by atomic mass is 10.2. The molecule has 1 aliphatic rings. The first kappa shape index (κ1) is 19.1. The first-order chi connectivity index (χ1) is 13.3. The number of rotatable bonds is 9. The Bertz CT molecular complexity index is 682. The summed E-state index contributed by atoms with van der Waals surface area (Å²) >= 11 is 0. The summed E-state index contributed by atoms with van der Waals surface area (Å²) in [5, 5.41) is 5.76. The van der Waals surface area contributed by atoms with E-state index in [1.165, 1.54) is 12.8 Å². The summed E-state index contributed by atoms with van der Waals surface area (Å²) in [7, 11) is 1.62. The number of furan rings is 1. The third kappa shape index (κ3) is 5.65. The van der Waals surface area contributed by atoms with Crippen molar-refractivity contribution < 1.29 is 18.7 Å². The van der Waals surface area contributed by atoms with Crippen LogP contribution in [-0.2, 0) is 0 Å². The molecule has 1 fully saturated rings. The highest BCUT2D eigenvalue weighted by Gasteiger charge is 2.25. The quantitative estimate of drug-likeness (QED) is 0.661. The van der Waals surface area contributed by atoms with Crippen LogP contribution in [0.3, 0.4) is 0 Å². The summed E-state index contributed by atoms with van der Waals surface area (Å²) in [5.74, 6) is 2.41. The minimum atomic E-state index is -0.205. The summed E-state index contributed by atoms with van der Waals surface area (Å²) in [6.07, 6.45) is 4.05. The molecular formula is C20H27N3O4. The predicted octanol–water partition coefficient (Wildman–Crippen LogP) is 2.80. The van der Waals surface area contributed by atoms with Gasteiger partial charge in [0.1, 0.15) is 23.9 Å². The predicted molar refractivity (Wildman–Crippen MR) is 102 cm³/mol. The molecule has 1 aromatic carbocycles. The lowest BCUT2D eigenvalue weighted by molar-refractivity contribution is 0.202. The third-order valence-corrected chi connectivity index (χ3v) is 4.62. The molecule has 2 heterocycles. The van der Waals surface area contributed by atoms with E-state index in [0.29, 0.717) is 19.7 Å². The second kappa shape index (κ2) is 9.87. The van der Waals surface area contributed by atoms with Crippen LogP contribution < -0.4 is 20.1 Å². The summed E-state index contributed by atoms with van der Waals surface area (Å²) in [6, 6.07) is 11.1. The Kier molecular flexibility index (Phi) is 6.98. The molecule has 1 atom stereocenters. The van der Waals surface area contributed by atoms with Crippen molar-refractivity contribution >= 4 is 6.03 Å². The van der Waals surface area contributed by atoms with Gasteiger partial charge in [0.05, 0.1) is 26.0 Å². The molecule has 7 heteroatoms. The summed E-state index contributed by atoms with van der Waals surface area (Å²) in [4.78, 5) is 14.4. The van der Waals surface area contributed by atoms with Gasteiger partial charge >= 0.3 is 6.03 Å². The monoisotopic (exact) mass is 373 g/mol. The molecule has 146 valence electrons. The minimum absolute atomic E-state index is 0.0730. The zero-order valence-corrected chi connectivity index (χ0v) is 15.6. The molecule has 0 aliphatic carbocycles. The number of likely N-dealkylation sites (tertiary alicyclic amines) is 1. The lowest BCUT2D eigenvalue weighted by Crippen LogP contribution is -2.42. The molecule has 0 bridgehead atoms. The maximum absolute atomic E-state index is 12.1. The van der Waals surface area contributed by atoms with Gasteiger partial charge < -0.3 is 24.5 Å². The number of hydrogen-bond donors (Lipinski definition) is 2. The van der Waals surface area contributed by atoms with Crippen molar-refractivity contribution in [3.63, 3.8) is 0 Å². The van der Waals surface area contributed by atoms with E-state index >= 15 is 0 Å². The highest BCUT2D eigenvalue weighted by molar-refractivity contribution is 5.73. The Hall–Kier alpha value is -2.67. The van der Waals surface area contributed by atoms with Crippen LogP contribution in [0.1, 0.15) is 24.6 Å². The van der Waals surface area contributed by atoms with Gasteiger partial charge in [0.2, 0.25) is 0 Å². The minimum Gasteiger partial charge on any atom is -0.497 e. The number of nitrogens with zero attached hydrogens (tertiary/aromatic N) is 1. The number of nitrogens with one attached hydrogen (secondary N) is 2. The van der Waals surface area contributed by atoms with E-state index in [-0.39, 0.29) is 12.1 Å². The van der Waals surface area contributed by atoms with Crippen molar-refractivity contribution in [2.45, 2.75) is 18.9 Å². The van der Waals surface area contributed by atoms with Gasteiger partial charge in [-0.25, -0.2) is 4.79 Å². The first-order valence-electron chi connectivity index (χ1n) is 9.32. The van der Waals surface area contributed by atoms with Crippen molar-refractivity contribution in [3.8, 4) is 11.5 Å². The number of carbonyl (C=O) groups excluding carboxylic acids is 1. The van der Waals surface area contributed by atoms with Crippen LogP contribution in [-0.4, -0.2) is 50.8 Å². The molecule has 2 N–H and O–H groups in total. The lowest BCUT2D eigenvalue weighted by Gasteiger charge is -2.26. The van der Waals surface area contributed by atoms with E-state index in [1.807, 2.05) is 36.4 Å². The van der Waals surface area contributed by atoms with Gasteiger partial charge in [-0.2, -0.15) is 0 Å². The highest BCUT2D eigenvalue weighted by atomic mass is 16.5. The van der Waals surface area contributed by atoms with Crippen molar-refractivity contribution in [2.24, 2.45) is 0 Å². The standard InChI is InChI=1S/C20H27N3O4/c1-25-16-6-8-17(9-7-16)26-14-10-21-20(24)22-15-18(19-5-4-13-27-19)23-11-2-3-12-23/h4-9,13,18H,2-3,10-12,14-15H2,1H3,(H2,21,22,24). The van der Waals surface area contributed by atoms with Crippen LogP contribution >= 0.6 is 0 Å². The third-order valence-electron chi connectivity index (χ3n) is 4.62.